The van der Waals surface area contributed by atoms with Gasteiger partial charge >= 0.3 is 5.97 Å². The number of nitrogens with zero attached hydrogens (tertiary/aromatic N) is 1. The Bertz CT molecular complexity index is 858. The molecule has 7 heteroatoms. The molecular formula is C18H16N2O4S. The molecule has 2 aromatic rings. The Morgan fingerprint density at radius 1 is 1.16 bits per heavy atom. The van der Waals surface area contributed by atoms with Crippen molar-refractivity contribution in [3.8, 4) is 11.3 Å². The highest BCUT2D eigenvalue weighted by atomic mass is 32.1. The molecule has 1 fully saturated rings. The lowest BCUT2D eigenvalue weighted by atomic mass is 9.82. The zero-order valence-corrected chi connectivity index (χ0v) is 14.2. The second-order valence-electron chi connectivity index (χ2n) is 6.23. The Morgan fingerprint density at radius 2 is 1.84 bits per heavy atom. The van der Waals surface area contributed by atoms with E-state index in [-0.39, 0.29) is 5.91 Å². The first-order chi connectivity index (χ1) is 12.0. The average molecular weight is 356 g/mol. The number of thiazole rings is 1. The molecule has 1 saturated heterocycles. The molecule has 2 bridgehead atoms. The Kier molecular flexibility index (Phi) is 3.89. The molecule has 3 heterocycles. The quantitative estimate of drug-likeness (QED) is 0.823. The van der Waals surface area contributed by atoms with E-state index in [1.54, 1.807) is 12.2 Å². The minimum absolute atomic E-state index is 0.367. The first-order valence-electron chi connectivity index (χ1n) is 7.93. The summed E-state index contributed by atoms with van der Waals surface area (Å²) in [5.41, 5.74) is 2.91. The maximum absolute atomic E-state index is 12.6. The molecule has 2 N–H and O–H groups in total. The van der Waals surface area contributed by atoms with Gasteiger partial charge in [-0.3, -0.25) is 9.59 Å². The highest BCUT2D eigenvalue weighted by Crippen LogP contribution is 2.40. The topological polar surface area (TPSA) is 88.5 Å². The zero-order valence-electron chi connectivity index (χ0n) is 13.4. The van der Waals surface area contributed by atoms with Crippen LogP contribution in [-0.4, -0.2) is 34.2 Å². The number of carbonyl (C=O) groups is 2. The van der Waals surface area contributed by atoms with Crippen molar-refractivity contribution in [1.82, 2.24) is 4.98 Å². The number of anilines is 1. The van der Waals surface area contributed by atoms with Gasteiger partial charge in [-0.15, -0.1) is 11.3 Å². The lowest BCUT2D eigenvalue weighted by molar-refractivity contribution is -0.145. The van der Waals surface area contributed by atoms with Crippen LogP contribution in [0, 0.1) is 18.8 Å². The molecule has 0 unspecified atom stereocenters. The van der Waals surface area contributed by atoms with E-state index >= 15 is 0 Å². The van der Waals surface area contributed by atoms with Gasteiger partial charge in [-0.05, 0) is 6.92 Å². The number of aromatic nitrogens is 1. The predicted octanol–water partition coefficient (Wildman–Crippen LogP) is 2.71. The number of aryl methyl sites for hydroxylation is 1. The molecule has 0 radical (unpaired) electrons. The van der Waals surface area contributed by atoms with Crippen LogP contribution in [0.4, 0.5) is 5.13 Å². The normalized spacial score (nSPS) is 26.8. The Morgan fingerprint density at radius 3 is 2.52 bits per heavy atom. The van der Waals surface area contributed by atoms with E-state index in [9.17, 15) is 14.7 Å². The number of carboxylic acids is 1. The van der Waals surface area contributed by atoms with Crippen LogP contribution in [0.15, 0.2) is 41.8 Å². The van der Waals surface area contributed by atoms with E-state index in [2.05, 4.69) is 10.3 Å². The van der Waals surface area contributed by atoms with Crippen LogP contribution in [-0.2, 0) is 14.3 Å². The molecule has 0 aliphatic carbocycles. The van der Waals surface area contributed by atoms with Crippen molar-refractivity contribution in [2.75, 3.05) is 5.32 Å². The van der Waals surface area contributed by atoms with Gasteiger partial charge in [0.2, 0.25) is 5.91 Å². The molecular weight excluding hydrogens is 340 g/mol. The molecule has 2 aliphatic rings. The number of hydrogen-bond acceptors (Lipinski definition) is 5. The SMILES string of the molecule is Cc1ccc(-c2csc(NC(=O)[C@@H]3[C@@H](C(=O)O)[C@H]4C=C[C@H]3O4)n2)cc1. The van der Waals surface area contributed by atoms with E-state index < -0.39 is 30.0 Å². The van der Waals surface area contributed by atoms with E-state index in [4.69, 9.17) is 4.74 Å². The molecule has 1 aromatic carbocycles. The van der Waals surface area contributed by atoms with Crippen molar-refractivity contribution in [2.24, 2.45) is 11.8 Å². The molecule has 1 aromatic heterocycles. The summed E-state index contributed by atoms with van der Waals surface area (Å²) in [5, 5.41) is 14.5. The summed E-state index contributed by atoms with van der Waals surface area (Å²) in [4.78, 5) is 28.5. The maximum Gasteiger partial charge on any atom is 0.310 e. The summed E-state index contributed by atoms with van der Waals surface area (Å²) in [6.07, 6.45) is 2.46. The molecule has 0 spiro atoms. The largest absolute Gasteiger partial charge is 0.481 e. The number of nitrogens with one attached hydrogen (secondary N) is 1. The molecule has 4 rings (SSSR count). The van der Waals surface area contributed by atoms with E-state index in [1.807, 2.05) is 36.6 Å². The first-order valence-corrected chi connectivity index (χ1v) is 8.81. The van der Waals surface area contributed by atoms with Crippen LogP contribution in [0.2, 0.25) is 0 Å². The summed E-state index contributed by atoms with van der Waals surface area (Å²) in [6.45, 7) is 2.02. The number of amides is 1. The number of ether oxygens (including phenoxy) is 1. The summed E-state index contributed by atoms with van der Waals surface area (Å²) < 4.78 is 5.53. The molecule has 6 nitrogen and oxygen atoms in total. The fourth-order valence-corrected chi connectivity index (χ4v) is 4.01. The summed E-state index contributed by atoms with van der Waals surface area (Å²) in [7, 11) is 0. The highest BCUT2D eigenvalue weighted by molar-refractivity contribution is 7.14. The molecule has 25 heavy (non-hydrogen) atoms. The smallest absolute Gasteiger partial charge is 0.310 e. The van der Waals surface area contributed by atoms with Crippen LogP contribution in [0.5, 0.6) is 0 Å². The minimum atomic E-state index is -1.02. The third-order valence-corrected chi connectivity index (χ3v) is 5.33. The third kappa shape index (κ3) is 2.85. The van der Waals surface area contributed by atoms with Gasteiger partial charge in [0.05, 0.1) is 23.8 Å². The number of carbonyl (C=O) groups excluding carboxylic acids is 1. The van der Waals surface area contributed by atoms with Gasteiger partial charge in [-0.25, -0.2) is 4.98 Å². The van der Waals surface area contributed by atoms with Crippen molar-refractivity contribution in [2.45, 2.75) is 19.1 Å². The second-order valence-corrected chi connectivity index (χ2v) is 7.09. The number of benzene rings is 1. The van der Waals surface area contributed by atoms with E-state index in [0.717, 1.165) is 16.8 Å². The first kappa shape index (κ1) is 16.0. The Labute approximate surface area is 148 Å². The van der Waals surface area contributed by atoms with Gasteiger partial charge in [0.25, 0.3) is 0 Å². The van der Waals surface area contributed by atoms with Crippen LogP contribution in [0.1, 0.15) is 5.56 Å². The van der Waals surface area contributed by atoms with Gasteiger partial charge in [0, 0.05) is 10.9 Å². The van der Waals surface area contributed by atoms with E-state index in [0.29, 0.717) is 5.13 Å². The Balaban J connectivity index is 1.51. The standard InChI is InChI=1S/C18H16N2O4S/c1-9-2-4-10(5-3-9)11-8-25-18(19-11)20-16(21)14-12-6-7-13(24-12)15(14)17(22)23/h2-8,12-15H,1H3,(H,22,23)(H,19,20,21)/t12-,13-,14+,15+/m1/s1. The van der Waals surface area contributed by atoms with Crippen LogP contribution in [0.3, 0.4) is 0 Å². The lowest BCUT2D eigenvalue weighted by Gasteiger charge is -2.20. The fourth-order valence-electron chi connectivity index (χ4n) is 3.29. The number of carboxylic acid groups (broad SMARTS) is 1. The molecule has 128 valence electrons. The third-order valence-electron chi connectivity index (χ3n) is 4.57. The molecule has 0 saturated carbocycles. The van der Waals surface area contributed by atoms with Gasteiger partial charge in [0.1, 0.15) is 5.92 Å². The monoisotopic (exact) mass is 356 g/mol. The summed E-state index contributed by atoms with van der Waals surface area (Å²) in [6, 6.07) is 7.96. The molecule has 1 amide bonds. The van der Waals surface area contributed by atoms with Crippen LogP contribution in [0.25, 0.3) is 11.3 Å². The Hall–Kier alpha value is -2.51. The molecule has 4 atom stereocenters. The highest BCUT2D eigenvalue weighted by Gasteiger charge is 2.53. The van der Waals surface area contributed by atoms with Crippen LogP contribution < -0.4 is 5.32 Å². The predicted molar refractivity (Wildman–Crippen MR) is 93.3 cm³/mol. The number of hydrogen-bond donors (Lipinski definition) is 2. The number of rotatable bonds is 4. The number of fused-ring (bicyclic) bond motifs is 2. The second kappa shape index (κ2) is 6.09. The summed E-state index contributed by atoms with van der Waals surface area (Å²) in [5.74, 6) is -2.98. The van der Waals surface area contributed by atoms with Gasteiger partial charge < -0.3 is 15.2 Å². The van der Waals surface area contributed by atoms with Gasteiger partial charge in [0.15, 0.2) is 5.13 Å². The molecule has 2 aliphatic heterocycles. The maximum atomic E-state index is 12.6. The van der Waals surface area contributed by atoms with Gasteiger partial charge in [-0.2, -0.15) is 0 Å². The lowest BCUT2D eigenvalue weighted by Crippen LogP contribution is -2.39. The fraction of sp³-hybridized carbons (Fsp3) is 0.278. The van der Waals surface area contributed by atoms with Gasteiger partial charge in [-0.1, -0.05) is 42.0 Å². The average Bonchev–Trinajstić information content (AvgIpc) is 3.30. The van der Waals surface area contributed by atoms with Crippen molar-refractivity contribution in [3.05, 3.63) is 47.4 Å². The van der Waals surface area contributed by atoms with Crippen molar-refractivity contribution in [3.63, 3.8) is 0 Å². The zero-order chi connectivity index (χ0) is 17.6. The van der Waals surface area contributed by atoms with Crippen molar-refractivity contribution in [1.29, 1.82) is 0 Å². The van der Waals surface area contributed by atoms with Crippen molar-refractivity contribution >= 4 is 28.3 Å². The van der Waals surface area contributed by atoms with E-state index in [1.165, 1.54) is 11.3 Å². The van der Waals surface area contributed by atoms with Crippen molar-refractivity contribution < 1.29 is 19.4 Å². The minimum Gasteiger partial charge on any atom is -0.481 e. The van der Waals surface area contributed by atoms with Crippen LogP contribution >= 0.6 is 11.3 Å². The summed E-state index contributed by atoms with van der Waals surface area (Å²) >= 11 is 1.32. The number of aliphatic carboxylic acids is 1.